The second-order valence-corrected chi connectivity index (χ2v) is 8.72. The number of rotatable bonds is 6. The molecule has 1 amide bonds. The van der Waals surface area contributed by atoms with Crippen molar-refractivity contribution in [3.8, 4) is 11.5 Å². The normalized spacial score (nSPS) is 20.6. The molecule has 1 fully saturated rings. The highest BCUT2D eigenvalue weighted by Crippen LogP contribution is 2.42. The molecule has 6 heteroatoms. The van der Waals surface area contributed by atoms with Crippen molar-refractivity contribution in [1.82, 2.24) is 4.90 Å². The molecule has 0 bridgehead atoms. The molecule has 0 aromatic heterocycles. The minimum Gasteiger partial charge on any atom is -0.504 e. The fraction of sp³-hybridized carbons (Fsp3) is 0.480. The van der Waals surface area contributed by atoms with Gasteiger partial charge in [-0.3, -0.25) is 10.2 Å². The number of nitrogens with zero attached hydrogens (tertiary/aromatic N) is 1. The summed E-state index contributed by atoms with van der Waals surface area (Å²) in [6.07, 6.45) is 5.47. The molecule has 0 saturated carbocycles. The molecular weight excluding hydrogens is 390 g/mol. The van der Waals surface area contributed by atoms with Crippen LogP contribution in [0.2, 0.25) is 0 Å². The molecule has 2 aromatic carbocycles. The molecule has 4 rings (SSSR count). The molecule has 0 radical (unpaired) electrons. The molecule has 2 aliphatic rings. The Bertz CT molecular complexity index is 928. The van der Waals surface area contributed by atoms with Gasteiger partial charge >= 0.3 is 6.09 Å². The van der Waals surface area contributed by atoms with Crippen molar-refractivity contribution < 1.29 is 14.6 Å². The van der Waals surface area contributed by atoms with Crippen molar-refractivity contribution in [2.75, 3.05) is 25.0 Å². The number of benzene rings is 2. The van der Waals surface area contributed by atoms with E-state index >= 15 is 0 Å². The first-order valence-corrected chi connectivity index (χ1v) is 11.4. The summed E-state index contributed by atoms with van der Waals surface area (Å²) in [4.78, 5) is 15.2. The molecule has 1 saturated heterocycles. The lowest BCUT2D eigenvalue weighted by Crippen LogP contribution is -2.49. The molecule has 166 valence electrons. The molecule has 1 heterocycles. The highest BCUT2D eigenvalue weighted by Gasteiger charge is 2.37. The first-order chi connectivity index (χ1) is 15.1. The van der Waals surface area contributed by atoms with Crippen LogP contribution in [0.1, 0.15) is 42.9 Å². The number of likely N-dealkylation sites (tertiary alicyclic amines) is 1. The van der Waals surface area contributed by atoms with E-state index in [0.717, 1.165) is 49.9 Å². The first-order valence-electron chi connectivity index (χ1n) is 11.4. The third kappa shape index (κ3) is 4.86. The lowest BCUT2D eigenvalue weighted by Gasteiger charge is -2.45. The van der Waals surface area contributed by atoms with Gasteiger partial charge in [0.15, 0.2) is 11.5 Å². The highest BCUT2D eigenvalue weighted by molar-refractivity contribution is 5.87. The molecule has 0 spiro atoms. The molecular formula is C25H33N3O3. The molecule has 1 aliphatic carbocycles. The van der Waals surface area contributed by atoms with E-state index in [9.17, 15) is 9.90 Å². The van der Waals surface area contributed by atoms with E-state index in [1.807, 2.05) is 30.3 Å². The summed E-state index contributed by atoms with van der Waals surface area (Å²) >= 11 is 0. The lowest BCUT2D eigenvalue weighted by molar-refractivity contribution is 0.0848. The monoisotopic (exact) mass is 423 g/mol. The van der Waals surface area contributed by atoms with Gasteiger partial charge in [0.2, 0.25) is 0 Å². The Balaban J connectivity index is 1.52. The zero-order chi connectivity index (χ0) is 21.8. The Kier molecular flexibility index (Phi) is 6.78. The average Bonchev–Trinajstić information content (AvgIpc) is 2.76. The van der Waals surface area contributed by atoms with Gasteiger partial charge in [0, 0.05) is 17.3 Å². The van der Waals surface area contributed by atoms with E-state index in [2.05, 4.69) is 17.1 Å². The van der Waals surface area contributed by atoms with Crippen LogP contribution in [0.3, 0.4) is 0 Å². The number of piperidine rings is 1. The molecule has 0 unspecified atom stereocenters. The van der Waals surface area contributed by atoms with Gasteiger partial charge in [-0.1, -0.05) is 25.1 Å². The van der Waals surface area contributed by atoms with Crippen LogP contribution in [-0.4, -0.2) is 41.8 Å². The van der Waals surface area contributed by atoms with Crippen LogP contribution in [0.4, 0.5) is 10.5 Å². The second-order valence-electron chi connectivity index (χ2n) is 8.72. The molecule has 4 N–H and O–H groups in total. The summed E-state index contributed by atoms with van der Waals surface area (Å²) in [5, 5.41) is 13.3. The number of amides is 1. The number of nitrogens with two attached hydrogens (primary N) is 1. The van der Waals surface area contributed by atoms with E-state index in [0.29, 0.717) is 29.9 Å². The Labute approximate surface area is 184 Å². The first kappa shape index (κ1) is 21.7. The van der Waals surface area contributed by atoms with Crippen LogP contribution in [0.15, 0.2) is 36.4 Å². The molecule has 2 atom stereocenters. The summed E-state index contributed by atoms with van der Waals surface area (Å²) in [5.41, 5.74) is 9.49. The summed E-state index contributed by atoms with van der Waals surface area (Å²) in [5.74, 6) is 0.859. The largest absolute Gasteiger partial charge is 0.504 e. The standard InChI is InChI=1S/C25H33N3O3/c1-2-12-28-13-4-6-19-15-21-18(16-22(19)28)8-9-23(29)24(21)31-25(30)27-20-7-3-5-17(14-20)10-11-26/h3,5,7-9,14,19,22,29H,2,4,6,10-13,15-16,26H2,1H3,(H,27,30)/t19-,22-/m1/s1. The quantitative estimate of drug-likeness (QED) is 0.651. The summed E-state index contributed by atoms with van der Waals surface area (Å²) in [6.45, 7) is 5.07. The van der Waals surface area contributed by atoms with Crippen LogP contribution < -0.4 is 15.8 Å². The Morgan fingerprint density at radius 3 is 2.97 bits per heavy atom. The predicted octanol–water partition coefficient (Wildman–Crippen LogP) is 4.09. The Morgan fingerprint density at radius 1 is 1.29 bits per heavy atom. The van der Waals surface area contributed by atoms with Crippen LogP contribution in [-0.2, 0) is 19.3 Å². The molecule has 31 heavy (non-hydrogen) atoms. The van der Waals surface area contributed by atoms with E-state index in [1.165, 1.54) is 18.4 Å². The van der Waals surface area contributed by atoms with Crippen molar-refractivity contribution in [2.45, 2.75) is 51.5 Å². The van der Waals surface area contributed by atoms with Crippen LogP contribution >= 0.6 is 0 Å². The fourth-order valence-corrected chi connectivity index (χ4v) is 5.19. The topological polar surface area (TPSA) is 87.8 Å². The number of fused-ring (bicyclic) bond motifs is 2. The number of phenols is 1. The number of anilines is 1. The second kappa shape index (κ2) is 9.71. The third-order valence-corrected chi connectivity index (χ3v) is 6.58. The van der Waals surface area contributed by atoms with Crippen molar-refractivity contribution >= 4 is 11.8 Å². The maximum atomic E-state index is 12.6. The SMILES string of the molecule is CCCN1CCC[C@@H]2Cc3c(ccc(O)c3OC(=O)Nc3cccc(CCN)c3)C[C@H]21. The number of hydrogen-bond acceptors (Lipinski definition) is 5. The van der Waals surface area contributed by atoms with Crippen molar-refractivity contribution in [1.29, 1.82) is 0 Å². The zero-order valence-corrected chi connectivity index (χ0v) is 18.3. The number of carbonyl (C=O) groups is 1. The van der Waals surface area contributed by atoms with E-state index in [4.69, 9.17) is 10.5 Å². The molecule has 6 nitrogen and oxygen atoms in total. The number of phenolic OH excluding ortho intramolecular Hbond substituents is 1. The van der Waals surface area contributed by atoms with E-state index < -0.39 is 6.09 Å². The van der Waals surface area contributed by atoms with Gasteiger partial charge in [-0.2, -0.15) is 0 Å². The van der Waals surface area contributed by atoms with Crippen LogP contribution in [0.25, 0.3) is 0 Å². The number of ether oxygens (including phenoxy) is 1. The Morgan fingerprint density at radius 2 is 2.16 bits per heavy atom. The third-order valence-electron chi connectivity index (χ3n) is 6.58. The molecule has 2 aromatic rings. The number of nitrogens with one attached hydrogen (secondary N) is 1. The Hall–Kier alpha value is -2.57. The summed E-state index contributed by atoms with van der Waals surface area (Å²) < 4.78 is 5.66. The van der Waals surface area contributed by atoms with Gasteiger partial charge in [0.1, 0.15) is 0 Å². The van der Waals surface area contributed by atoms with Gasteiger partial charge in [-0.05, 0) is 93.4 Å². The number of aromatic hydroxyl groups is 1. The number of carbonyl (C=O) groups excluding carboxylic acids is 1. The van der Waals surface area contributed by atoms with Crippen molar-refractivity contribution in [3.63, 3.8) is 0 Å². The molecule has 1 aliphatic heterocycles. The minimum absolute atomic E-state index is 0.0189. The van der Waals surface area contributed by atoms with Crippen LogP contribution in [0.5, 0.6) is 11.5 Å². The van der Waals surface area contributed by atoms with Gasteiger partial charge in [-0.25, -0.2) is 4.79 Å². The fourth-order valence-electron chi connectivity index (χ4n) is 5.19. The zero-order valence-electron chi connectivity index (χ0n) is 18.3. The summed E-state index contributed by atoms with van der Waals surface area (Å²) in [7, 11) is 0. The van der Waals surface area contributed by atoms with Gasteiger partial charge < -0.3 is 15.6 Å². The van der Waals surface area contributed by atoms with Gasteiger partial charge in [0.05, 0.1) is 0 Å². The lowest BCUT2D eigenvalue weighted by atomic mass is 9.75. The average molecular weight is 424 g/mol. The van der Waals surface area contributed by atoms with E-state index in [-0.39, 0.29) is 5.75 Å². The van der Waals surface area contributed by atoms with Crippen LogP contribution in [0, 0.1) is 5.92 Å². The van der Waals surface area contributed by atoms with Gasteiger partial charge in [0.25, 0.3) is 0 Å². The highest BCUT2D eigenvalue weighted by atomic mass is 16.6. The maximum Gasteiger partial charge on any atom is 0.417 e. The van der Waals surface area contributed by atoms with E-state index in [1.54, 1.807) is 6.07 Å². The van der Waals surface area contributed by atoms with Gasteiger partial charge in [-0.15, -0.1) is 0 Å². The van der Waals surface area contributed by atoms with Crippen molar-refractivity contribution in [2.24, 2.45) is 11.7 Å². The minimum atomic E-state index is -0.591. The predicted molar refractivity (Wildman–Crippen MR) is 123 cm³/mol. The smallest absolute Gasteiger partial charge is 0.417 e. The summed E-state index contributed by atoms with van der Waals surface area (Å²) in [6, 6.07) is 11.7. The maximum absolute atomic E-state index is 12.6. The van der Waals surface area contributed by atoms with Crippen molar-refractivity contribution in [3.05, 3.63) is 53.1 Å². The number of hydrogen-bond donors (Lipinski definition) is 3.